The molecule has 2 aromatic rings. The van der Waals surface area contributed by atoms with Gasteiger partial charge in [0.2, 0.25) is 5.95 Å². The van der Waals surface area contributed by atoms with Crippen molar-refractivity contribution in [2.24, 2.45) is 5.92 Å². The lowest BCUT2D eigenvalue weighted by Gasteiger charge is -2.28. The number of hydrogen-bond donors (Lipinski definition) is 0. The molecule has 3 rings (SSSR count). The average molecular weight is 373 g/mol. The van der Waals surface area contributed by atoms with Crippen LogP contribution in [-0.2, 0) is 17.0 Å². The zero-order valence-electron chi connectivity index (χ0n) is 13.4. The molecule has 0 radical (unpaired) electrons. The highest BCUT2D eigenvalue weighted by Gasteiger charge is 2.21. The maximum Gasteiger partial charge on any atom is 0.228 e. The summed E-state index contributed by atoms with van der Waals surface area (Å²) in [5.74, 6) is 2.38. The second-order valence-corrected chi connectivity index (χ2v) is 8.62. The van der Waals surface area contributed by atoms with Gasteiger partial charge in [0.05, 0.1) is 17.6 Å². The minimum absolute atomic E-state index is 0.543. The highest BCUT2D eigenvalue weighted by molar-refractivity contribution is 7.98. The van der Waals surface area contributed by atoms with E-state index in [4.69, 9.17) is 16.3 Å². The monoisotopic (exact) mass is 372 g/mol. The highest BCUT2D eigenvalue weighted by Crippen LogP contribution is 2.30. The van der Waals surface area contributed by atoms with E-state index < -0.39 is 0 Å². The Bertz CT molecular complexity index is 637. The Kier molecular flexibility index (Phi) is 5.85. The Labute approximate surface area is 150 Å². The molecule has 0 aromatic carbocycles. The molecular weight excluding hydrogens is 352 g/mol. The third-order valence-corrected chi connectivity index (χ3v) is 5.94. The van der Waals surface area contributed by atoms with Gasteiger partial charge in [0.1, 0.15) is 0 Å². The van der Waals surface area contributed by atoms with Crippen LogP contribution < -0.4 is 4.90 Å². The molecule has 1 fully saturated rings. The van der Waals surface area contributed by atoms with Crippen LogP contribution in [0.1, 0.15) is 18.7 Å². The molecule has 2 aromatic heterocycles. The van der Waals surface area contributed by atoms with Crippen LogP contribution in [0.4, 0.5) is 5.95 Å². The first kappa shape index (κ1) is 17.1. The first-order chi connectivity index (χ1) is 11.1. The molecule has 126 valence electrons. The summed E-state index contributed by atoms with van der Waals surface area (Å²) >= 11 is 9.35. The van der Waals surface area contributed by atoms with E-state index in [2.05, 4.69) is 39.6 Å². The van der Waals surface area contributed by atoms with Crippen LogP contribution >= 0.6 is 34.7 Å². The van der Waals surface area contributed by atoms with Crippen LogP contribution in [0.3, 0.4) is 0 Å². The normalized spacial score (nSPS) is 15.6. The van der Waals surface area contributed by atoms with Crippen molar-refractivity contribution in [3.05, 3.63) is 21.3 Å². The Hall–Kier alpha value is -0.760. The molecule has 5 nitrogen and oxygen atoms in total. The van der Waals surface area contributed by atoms with Gasteiger partial charge in [-0.3, -0.25) is 4.57 Å². The number of halogens is 1. The van der Waals surface area contributed by atoms with Gasteiger partial charge in [-0.15, -0.1) is 21.5 Å². The number of thiophene rings is 1. The molecule has 1 saturated heterocycles. The maximum atomic E-state index is 6.01. The van der Waals surface area contributed by atoms with E-state index in [0.717, 1.165) is 54.0 Å². The molecule has 0 atom stereocenters. The Morgan fingerprint density at radius 1 is 1.30 bits per heavy atom. The molecule has 0 spiro atoms. The molecule has 3 heterocycles. The Morgan fingerprint density at radius 2 is 2.09 bits per heavy atom. The number of rotatable bonds is 6. The van der Waals surface area contributed by atoms with E-state index in [9.17, 15) is 0 Å². The van der Waals surface area contributed by atoms with Gasteiger partial charge in [-0.25, -0.2) is 0 Å². The highest BCUT2D eigenvalue weighted by atomic mass is 35.5. The van der Waals surface area contributed by atoms with E-state index in [1.807, 2.05) is 6.07 Å². The number of aromatic nitrogens is 3. The Balaban J connectivity index is 1.76. The van der Waals surface area contributed by atoms with Gasteiger partial charge in [-0.1, -0.05) is 37.2 Å². The molecule has 0 bridgehead atoms. The van der Waals surface area contributed by atoms with Gasteiger partial charge < -0.3 is 9.64 Å². The van der Waals surface area contributed by atoms with Crippen LogP contribution in [0.15, 0.2) is 17.3 Å². The fraction of sp³-hybridized carbons (Fsp3) is 0.600. The topological polar surface area (TPSA) is 43.2 Å². The number of thioether (sulfide) groups is 1. The molecule has 1 aliphatic rings. The van der Waals surface area contributed by atoms with Crippen LogP contribution in [0.5, 0.6) is 0 Å². The number of anilines is 1. The minimum Gasteiger partial charge on any atom is -0.378 e. The summed E-state index contributed by atoms with van der Waals surface area (Å²) < 4.78 is 8.52. The molecule has 8 heteroatoms. The molecular formula is C15H21ClN4OS2. The molecule has 0 saturated carbocycles. The summed E-state index contributed by atoms with van der Waals surface area (Å²) in [6, 6.07) is 4.02. The second kappa shape index (κ2) is 7.88. The van der Waals surface area contributed by atoms with Crippen molar-refractivity contribution in [3.63, 3.8) is 0 Å². The number of ether oxygens (including phenoxy) is 1. The quantitative estimate of drug-likeness (QED) is 0.722. The second-order valence-electron chi connectivity index (χ2n) is 5.88. The number of hydrogen-bond acceptors (Lipinski definition) is 6. The van der Waals surface area contributed by atoms with Crippen molar-refractivity contribution in [2.75, 3.05) is 31.2 Å². The molecule has 23 heavy (non-hydrogen) atoms. The van der Waals surface area contributed by atoms with Gasteiger partial charge in [0.25, 0.3) is 0 Å². The Morgan fingerprint density at radius 3 is 2.74 bits per heavy atom. The van der Waals surface area contributed by atoms with Crippen molar-refractivity contribution in [1.82, 2.24) is 14.8 Å². The van der Waals surface area contributed by atoms with Gasteiger partial charge >= 0.3 is 0 Å². The lowest BCUT2D eigenvalue weighted by atomic mass is 10.2. The largest absolute Gasteiger partial charge is 0.378 e. The van der Waals surface area contributed by atoms with Crippen molar-refractivity contribution in [3.8, 4) is 0 Å². The van der Waals surface area contributed by atoms with E-state index in [1.54, 1.807) is 23.1 Å². The number of morpholine rings is 1. The van der Waals surface area contributed by atoms with Crippen molar-refractivity contribution < 1.29 is 4.74 Å². The zero-order valence-corrected chi connectivity index (χ0v) is 15.8. The van der Waals surface area contributed by atoms with Crippen molar-refractivity contribution >= 4 is 40.6 Å². The first-order valence-electron chi connectivity index (χ1n) is 7.76. The van der Waals surface area contributed by atoms with Gasteiger partial charge in [0, 0.05) is 30.3 Å². The van der Waals surface area contributed by atoms with Crippen molar-refractivity contribution in [2.45, 2.75) is 31.3 Å². The summed E-state index contributed by atoms with van der Waals surface area (Å²) in [7, 11) is 0. The third kappa shape index (κ3) is 4.41. The van der Waals surface area contributed by atoms with Crippen LogP contribution in [0.2, 0.25) is 4.34 Å². The molecule has 0 N–H and O–H groups in total. The molecule has 0 unspecified atom stereocenters. The SMILES string of the molecule is CC(C)Cn1c(SCc2ccc(Cl)s2)nnc1N1CCOCC1. The lowest BCUT2D eigenvalue weighted by molar-refractivity contribution is 0.121. The van der Waals surface area contributed by atoms with Gasteiger partial charge in [0.15, 0.2) is 5.16 Å². The standard InChI is InChI=1S/C15H21ClN4OS2/c1-11(2)9-20-14(19-5-7-21-8-6-19)17-18-15(20)22-10-12-3-4-13(16)23-12/h3-4,11H,5-10H2,1-2H3. The summed E-state index contributed by atoms with van der Waals surface area (Å²) in [6.45, 7) is 8.62. The predicted molar refractivity (Wildman–Crippen MR) is 96.8 cm³/mol. The molecule has 0 amide bonds. The zero-order chi connectivity index (χ0) is 16.2. The van der Waals surface area contributed by atoms with Gasteiger partial charge in [-0.2, -0.15) is 0 Å². The summed E-state index contributed by atoms with van der Waals surface area (Å²) in [6.07, 6.45) is 0. The summed E-state index contributed by atoms with van der Waals surface area (Å²) in [5, 5.41) is 9.86. The van der Waals surface area contributed by atoms with Crippen LogP contribution in [0.25, 0.3) is 0 Å². The van der Waals surface area contributed by atoms with E-state index in [-0.39, 0.29) is 0 Å². The van der Waals surface area contributed by atoms with E-state index >= 15 is 0 Å². The molecule has 0 aliphatic carbocycles. The fourth-order valence-corrected chi connectivity index (χ4v) is 4.55. The maximum absolute atomic E-state index is 6.01. The first-order valence-corrected chi connectivity index (χ1v) is 9.94. The van der Waals surface area contributed by atoms with Gasteiger partial charge in [-0.05, 0) is 18.1 Å². The van der Waals surface area contributed by atoms with E-state index in [0.29, 0.717) is 5.92 Å². The van der Waals surface area contributed by atoms with Crippen LogP contribution in [-0.4, -0.2) is 41.1 Å². The smallest absolute Gasteiger partial charge is 0.228 e. The van der Waals surface area contributed by atoms with E-state index in [1.165, 1.54) is 4.88 Å². The average Bonchev–Trinajstić information content (AvgIpc) is 3.12. The summed E-state index contributed by atoms with van der Waals surface area (Å²) in [4.78, 5) is 3.53. The summed E-state index contributed by atoms with van der Waals surface area (Å²) in [5.41, 5.74) is 0. The van der Waals surface area contributed by atoms with Crippen molar-refractivity contribution in [1.29, 1.82) is 0 Å². The fourth-order valence-electron chi connectivity index (χ4n) is 2.47. The lowest BCUT2D eigenvalue weighted by Crippen LogP contribution is -2.38. The predicted octanol–water partition coefficient (Wildman–Crippen LogP) is 3.78. The third-order valence-electron chi connectivity index (χ3n) is 3.51. The molecule has 1 aliphatic heterocycles. The minimum atomic E-state index is 0.543. The van der Waals surface area contributed by atoms with Crippen LogP contribution in [0, 0.1) is 5.92 Å². The number of nitrogens with zero attached hydrogens (tertiary/aromatic N) is 4.